The van der Waals surface area contributed by atoms with Crippen LogP contribution in [0.3, 0.4) is 0 Å². The third kappa shape index (κ3) is 2.56. The molecule has 1 aliphatic rings. The standard InChI is InChI=1S/C16H20N4O2/c1-4-22-16-12(9-8-10(2)17-16)15(21)18-14-11-6-5-7-13(11)19-20(14)3/h8-9H,4-7H2,1-3H3,(H,18,21). The number of aromatic nitrogens is 3. The van der Waals surface area contributed by atoms with Gasteiger partial charge in [-0.25, -0.2) is 4.98 Å². The number of carbonyl (C=O) groups is 1. The monoisotopic (exact) mass is 300 g/mol. The van der Waals surface area contributed by atoms with Crippen molar-refractivity contribution in [2.45, 2.75) is 33.1 Å². The van der Waals surface area contributed by atoms with E-state index in [1.165, 1.54) is 0 Å². The number of amides is 1. The fourth-order valence-corrected chi connectivity index (χ4v) is 2.80. The van der Waals surface area contributed by atoms with Crippen LogP contribution in [0.1, 0.15) is 40.7 Å². The number of carbonyl (C=O) groups excluding carboxylic acids is 1. The zero-order valence-corrected chi connectivity index (χ0v) is 13.1. The number of nitrogens with zero attached hydrogens (tertiary/aromatic N) is 3. The van der Waals surface area contributed by atoms with Gasteiger partial charge >= 0.3 is 0 Å². The van der Waals surface area contributed by atoms with Gasteiger partial charge in [-0.2, -0.15) is 5.10 Å². The first kappa shape index (κ1) is 14.6. The lowest BCUT2D eigenvalue weighted by atomic mass is 10.2. The number of nitrogens with one attached hydrogen (secondary N) is 1. The first-order valence-electron chi connectivity index (χ1n) is 7.56. The van der Waals surface area contributed by atoms with Crippen LogP contribution in [0.25, 0.3) is 0 Å². The molecule has 22 heavy (non-hydrogen) atoms. The molecule has 1 amide bonds. The van der Waals surface area contributed by atoms with E-state index in [-0.39, 0.29) is 5.91 Å². The summed E-state index contributed by atoms with van der Waals surface area (Å²) in [6.07, 6.45) is 3.04. The van der Waals surface area contributed by atoms with Crippen molar-refractivity contribution >= 4 is 11.7 Å². The number of ether oxygens (including phenoxy) is 1. The van der Waals surface area contributed by atoms with Gasteiger partial charge in [0.05, 0.1) is 12.3 Å². The van der Waals surface area contributed by atoms with E-state index in [4.69, 9.17) is 4.74 Å². The SMILES string of the molecule is CCOc1nc(C)ccc1C(=O)Nc1c2c(nn1C)CCC2. The summed E-state index contributed by atoms with van der Waals surface area (Å²) in [6.45, 7) is 4.22. The molecule has 0 saturated heterocycles. The molecule has 0 spiro atoms. The van der Waals surface area contributed by atoms with Gasteiger partial charge in [-0.1, -0.05) is 0 Å². The van der Waals surface area contributed by atoms with Gasteiger partial charge in [-0.15, -0.1) is 0 Å². The lowest BCUT2D eigenvalue weighted by Gasteiger charge is -2.11. The third-order valence-corrected chi connectivity index (χ3v) is 3.83. The van der Waals surface area contributed by atoms with Crippen molar-refractivity contribution in [2.24, 2.45) is 7.05 Å². The second-order valence-corrected chi connectivity index (χ2v) is 5.44. The second-order valence-electron chi connectivity index (χ2n) is 5.44. The Labute approximate surface area is 129 Å². The van der Waals surface area contributed by atoms with Gasteiger partial charge in [0.25, 0.3) is 5.91 Å². The maximum Gasteiger partial charge on any atom is 0.262 e. The van der Waals surface area contributed by atoms with Crippen molar-refractivity contribution in [3.63, 3.8) is 0 Å². The molecule has 0 saturated carbocycles. The maximum atomic E-state index is 12.6. The Hall–Kier alpha value is -2.37. The summed E-state index contributed by atoms with van der Waals surface area (Å²) < 4.78 is 7.23. The Morgan fingerprint density at radius 2 is 2.23 bits per heavy atom. The van der Waals surface area contributed by atoms with Gasteiger partial charge in [-0.05, 0) is 45.2 Å². The summed E-state index contributed by atoms with van der Waals surface area (Å²) in [5.74, 6) is 0.938. The summed E-state index contributed by atoms with van der Waals surface area (Å²) in [4.78, 5) is 16.9. The fraction of sp³-hybridized carbons (Fsp3) is 0.438. The van der Waals surface area contributed by atoms with Crippen LogP contribution in [-0.4, -0.2) is 27.3 Å². The molecule has 0 fully saturated rings. The Morgan fingerprint density at radius 1 is 1.41 bits per heavy atom. The van der Waals surface area contributed by atoms with Crippen molar-refractivity contribution in [2.75, 3.05) is 11.9 Å². The van der Waals surface area contributed by atoms with Crippen LogP contribution in [-0.2, 0) is 19.9 Å². The fourth-order valence-electron chi connectivity index (χ4n) is 2.80. The van der Waals surface area contributed by atoms with Gasteiger partial charge in [0.15, 0.2) is 0 Å². The van der Waals surface area contributed by atoms with Crippen LogP contribution < -0.4 is 10.1 Å². The van der Waals surface area contributed by atoms with Crippen LogP contribution in [0, 0.1) is 6.92 Å². The maximum absolute atomic E-state index is 12.6. The molecule has 0 unspecified atom stereocenters. The summed E-state index contributed by atoms with van der Waals surface area (Å²) in [5, 5.41) is 7.43. The summed E-state index contributed by atoms with van der Waals surface area (Å²) in [7, 11) is 1.85. The molecule has 6 heteroatoms. The first-order chi connectivity index (χ1) is 10.6. The highest BCUT2D eigenvalue weighted by Crippen LogP contribution is 2.29. The Kier molecular flexibility index (Phi) is 3.83. The van der Waals surface area contributed by atoms with Crippen molar-refractivity contribution in [3.8, 4) is 5.88 Å². The molecule has 0 bridgehead atoms. The van der Waals surface area contributed by atoms with Gasteiger partial charge in [0.1, 0.15) is 11.4 Å². The minimum Gasteiger partial charge on any atom is -0.477 e. The summed E-state index contributed by atoms with van der Waals surface area (Å²) >= 11 is 0. The van der Waals surface area contributed by atoms with E-state index in [1.807, 2.05) is 27.0 Å². The number of aryl methyl sites for hydroxylation is 3. The molecular weight excluding hydrogens is 280 g/mol. The van der Waals surface area contributed by atoms with E-state index in [2.05, 4.69) is 15.4 Å². The molecule has 116 valence electrons. The number of pyridine rings is 1. The summed E-state index contributed by atoms with van der Waals surface area (Å²) in [6, 6.07) is 3.56. The lowest BCUT2D eigenvalue weighted by Crippen LogP contribution is -2.17. The topological polar surface area (TPSA) is 69.0 Å². The lowest BCUT2D eigenvalue weighted by molar-refractivity contribution is 0.102. The normalized spacial score (nSPS) is 13.0. The minimum absolute atomic E-state index is 0.214. The molecular formula is C16H20N4O2. The Balaban J connectivity index is 1.89. The number of hydrogen-bond acceptors (Lipinski definition) is 4. The van der Waals surface area contributed by atoms with Crippen molar-refractivity contribution in [1.29, 1.82) is 0 Å². The van der Waals surface area contributed by atoms with E-state index in [0.29, 0.717) is 18.1 Å². The van der Waals surface area contributed by atoms with E-state index in [0.717, 1.165) is 42.0 Å². The molecule has 0 aromatic carbocycles. The summed E-state index contributed by atoms with van der Waals surface area (Å²) in [5.41, 5.74) is 3.50. The predicted molar refractivity (Wildman–Crippen MR) is 83.3 cm³/mol. The van der Waals surface area contributed by atoms with Gasteiger partial charge < -0.3 is 10.1 Å². The highest BCUT2D eigenvalue weighted by molar-refractivity contribution is 6.05. The van der Waals surface area contributed by atoms with E-state index in [9.17, 15) is 4.79 Å². The molecule has 1 aliphatic carbocycles. The van der Waals surface area contributed by atoms with Crippen molar-refractivity contribution in [1.82, 2.24) is 14.8 Å². The minimum atomic E-state index is -0.214. The number of rotatable bonds is 4. The van der Waals surface area contributed by atoms with Crippen LogP contribution in [0.15, 0.2) is 12.1 Å². The second kappa shape index (κ2) is 5.79. The Bertz CT molecular complexity index is 721. The van der Waals surface area contributed by atoms with Gasteiger partial charge in [-0.3, -0.25) is 9.48 Å². The van der Waals surface area contributed by atoms with E-state index < -0.39 is 0 Å². The average molecular weight is 300 g/mol. The molecule has 2 aromatic heterocycles. The zero-order valence-electron chi connectivity index (χ0n) is 13.1. The smallest absolute Gasteiger partial charge is 0.262 e. The van der Waals surface area contributed by atoms with Crippen LogP contribution >= 0.6 is 0 Å². The number of hydrogen-bond donors (Lipinski definition) is 1. The van der Waals surface area contributed by atoms with Crippen molar-refractivity contribution in [3.05, 3.63) is 34.6 Å². The Morgan fingerprint density at radius 3 is 3.00 bits per heavy atom. The third-order valence-electron chi connectivity index (χ3n) is 3.83. The van der Waals surface area contributed by atoms with Crippen LogP contribution in [0.4, 0.5) is 5.82 Å². The highest BCUT2D eigenvalue weighted by atomic mass is 16.5. The molecule has 0 radical (unpaired) electrons. The van der Waals surface area contributed by atoms with Crippen LogP contribution in [0.2, 0.25) is 0 Å². The molecule has 0 aliphatic heterocycles. The molecule has 1 N–H and O–H groups in total. The van der Waals surface area contributed by atoms with Crippen molar-refractivity contribution < 1.29 is 9.53 Å². The zero-order chi connectivity index (χ0) is 15.7. The van der Waals surface area contributed by atoms with Gasteiger partial charge in [0.2, 0.25) is 5.88 Å². The predicted octanol–water partition coefficient (Wildman–Crippen LogP) is 2.26. The van der Waals surface area contributed by atoms with E-state index in [1.54, 1.807) is 10.7 Å². The first-order valence-corrected chi connectivity index (χ1v) is 7.56. The largest absolute Gasteiger partial charge is 0.477 e. The van der Waals surface area contributed by atoms with Crippen LogP contribution in [0.5, 0.6) is 5.88 Å². The number of anilines is 1. The molecule has 6 nitrogen and oxygen atoms in total. The molecule has 3 rings (SSSR count). The average Bonchev–Trinajstić information content (AvgIpc) is 3.02. The molecule has 2 aromatic rings. The molecule has 2 heterocycles. The highest BCUT2D eigenvalue weighted by Gasteiger charge is 2.23. The number of fused-ring (bicyclic) bond motifs is 1. The molecule has 0 atom stereocenters. The van der Waals surface area contributed by atoms with Gasteiger partial charge in [0, 0.05) is 18.3 Å². The quantitative estimate of drug-likeness (QED) is 0.940. The van der Waals surface area contributed by atoms with E-state index >= 15 is 0 Å².